The van der Waals surface area contributed by atoms with Crippen molar-refractivity contribution in [3.05, 3.63) is 73.3 Å². The summed E-state index contributed by atoms with van der Waals surface area (Å²) in [6, 6.07) is 16.0. The predicted molar refractivity (Wildman–Crippen MR) is 118 cm³/mol. The minimum Gasteiger partial charge on any atom is -0.335 e. The van der Waals surface area contributed by atoms with Gasteiger partial charge < -0.3 is 9.13 Å². The van der Waals surface area contributed by atoms with Crippen LogP contribution in [0.3, 0.4) is 0 Å². The van der Waals surface area contributed by atoms with Crippen molar-refractivity contribution < 1.29 is 8.42 Å². The Morgan fingerprint density at radius 1 is 0.933 bits per heavy atom. The van der Waals surface area contributed by atoms with Crippen molar-refractivity contribution in [2.75, 3.05) is 4.72 Å². The standard InChI is InChI=1S/C22H19N5O2S/c1-26-13-17(15-8-9-18-20(12-15)27(2)14-24-18)21-19(10-11-23-22(21)26)25-30(28,29)16-6-4-3-5-7-16/h3-14H,1-2H3,(H,23,25). The van der Waals surface area contributed by atoms with Crippen LogP contribution < -0.4 is 4.72 Å². The Labute approximate surface area is 173 Å². The molecule has 0 aliphatic heterocycles. The molecule has 3 heterocycles. The van der Waals surface area contributed by atoms with Crippen LogP contribution in [0.1, 0.15) is 0 Å². The number of nitrogens with one attached hydrogen (secondary N) is 1. The van der Waals surface area contributed by atoms with E-state index >= 15 is 0 Å². The van der Waals surface area contributed by atoms with Crippen molar-refractivity contribution >= 4 is 37.8 Å². The summed E-state index contributed by atoms with van der Waals surface area (Å²) in [6.07, 6.45) is 5.35. The van der Waals surface area contributed by atoms with Crippen LogP contribution in [0.2, 0.25) is 0 Å². The van der Waals surface area contributed by atoms with E-state index in [9.17, 15) is 8.42 Å². The molecular weight excluding hydrogens is 398 g/mol. The Hall–Kier alpha value is -3.65. The van der Waals surface area contributed by atoms with Crippen molar-refractivity contribution in [2.45, 2.75) is 4.90 Å². The number of hydrogen-bond donors (Lipinski definition) is 1. The quantitative estimate of drug-likeness (QED) is 0.480. The fourth-order valence-electron chi connectivity index (χ4n) is 3.70. The zero-order chi connectivity index (χ0) is 20.9. The van der Waals surface area contributed by atoms with E-state index in [0.29, 0.717) is 11.3 Å². The van der Waals surface area contributed by atoms with Crippen LogP contribution in [-0.4, -0.2) is 27.5 Å². The van der Waals surface area contributed by atoms with Gasteiger partial charge in [-0.25, -0.2) is 18.4 Å². The Morgan fingerprint density at radius 3 is 2.53 bits per heavy atom. The highest BCUT2D eigenvalue weighted by molar-refractivity contribution is 7.92. The minimum atomic E-state index is -3.73. The van der Waals surface area contributed by atoms with Gasteiger partial charge in [0.15, 0.2) is 0 Å². The van der Waals surface area contributed by atoms with Gasteiger partial charge in [0, 0.05) is 32.1 Å². The molecule has 7 nitrogen and oxygen atoms in total. The Balaban J connectivity index is 1.70. The monoisotopic (exact) mass is 417 g/mol. The molecule has 1 N–H and O–H groups in total. The number of sulfonamides is 1. The molecule has 0 bridgehead atoms. The summed E-state index contributed by atoms with van der Waals surface area (Å²) in [5.41, 5.74) is 4.96. The van der Waals surface area contributed by atoms with E-state index in [-0.39, 0.29) is 4.90 Å². The summed E-state index contributed by atoms with van der Waals surface area (Å²) >= 11 is 0. The normalized spacial score (nSPS) is 11.9. The SMILES string of the molecule is Cn1cnc2ccc(-c3cn(C)c4nccc(NS(=O)(=O)c5ccccc5)c34)cc21. The predicted octanol–water partition coefficient (Wildman–Crippen LogP) is 3.93. The summed E-state index contributed by atoms with van der Waals surface area (Å²) in [7, 11) is 0.119. The third kappa shape index (κ3) is 2.93. The highest BCUT2D eigenvalue weighted by atomic mass is 32.2. The van der Waals surface area contributed by atoms with Gasteiger partial charge >= 0.3 is 0 Å². The van der Waals surface area contributed by atoms with Gasteiger partial charge in [-0.2, -0.15) is 0 Å². The number of imidazole rings is 1. The molecule has 3 aromatic heterocycles. The highest BCUT2D eigenvalue weighted by Gasteiger charge is 2.19. The first-order chi connectivity index (χ1) is 14.4. The molecule has 0 saturated carbocycles. The molecule has 5 aromatic rings. The second-order valence-electron chi connectivity index (χ2n) is 7.19. The maximum Gasteiger partial charge on any atom is 0.261 e. The maximum absolute atomic E-state index is 12.9. The van der Waals surface area contributed by atoms with Crippen LogP contribution in [0.5, 0.6) is 0 Å². The van der Waals surface area contributed by atoms with Crippen LogP contribution >= 0.6 is 0 Å². The highest BCUT2D eigenvalue weighted by Crippen LogP contribution is 2.36. The number of aromatic nitrogens is 4. The number of benzene rings is 2. The van der Waals surface area contributed by atoms with Crippen molar-refractivity contribution in [1.82, 2.24) is 19.1 Å². The lowest BCUT2D eigenvalue weighted by Crippen LogP contribution is -2.13. The van der Waals surface area contributed by atoms with E-state index in [4.69, 9.17) is 0 Å². The Kier molecular flexibility index (Phi) is 4.11. The topological polar surface area (TPSA) is 81.8 Å². The lowest BCUT2D eigenvalue weighted by Gasteiger charge is -2.11. The molecule has 2 aromatic carbocycles. The molecule has 0 fully saturated rings. The molecule has 0 radical (unpaired) electrons. The molecule has 0 saturated heterocycles. The molecule has 8 heteroatoms. The number of anilines is 1. The van der Waals surface area contributed by atoms with Crippen molar-refractivity contribution in [2.24, 2.45) is 14.1 Å². The van der Waals surface area contributed by atoms with Crippen LogP contribution in [0.4, 0.5) is 5.69 Å². The summed E-state index contributed by atoms with van der Waals surface area (Å²) in [4.78, 5) is 9.06. The third-order valence-electron chi connectivity index (χ3n) is 5.19. The average Bonchev–Trinajstić information content (AvgIpc) is 3.29. The molecule has 0 unspecified atom stereocenters. The number of nitrogens with zero attached hydrogens (tertiary/aromatic N) is 4. The van der Waals surface area contributed by atoms with Crippen molar-refractivity contribution in [1.29, 1.82) is 0 Å². The summed E-state index contributed by atoms with van der Waals surface area (Å²) < 4.78 is 32.5. The Bertz CT molecular complexity index is 1500. The first-order valence-corrected chi connectivity index (χ1v) is 10.9. The third-order valence-corrected chi connectivity index (χ3v) is 6.57. The smallest absolute Gasteiger partial charge is 0.261 e. The molecular formula is C22H19N5O2S. The molecule has 5 rings (SSSR count). The van der Waals surface area contributed by atoms with Gasteiger partial charge in [0.1, 0.15) is 5.65 Å². The zero-order valence-electron chi connectivity index (χ0n) is 16.4. The van der Waals surface area contributed by atoms with Gasteiger partial charge in [-0.05, 0) is 35.9 Å². The molecule has 0 spiro atoms. The molecule has 0 aliphatic carbocycles. The van der Waals surface area contributed by atoms with E-state index in [1.54, 1.807) is 48.9 Å². The van der Waals surface area contributed by atoms with Gasteiger partial charge in [-0.15, -0.1) is 0 Å². The van der Waals surface area contributed by atoms with Crippen LogP contribution in [0.25, 0.3) is 33.2 Å². The molecule has 30 heavy (non-hydrogen) atoms. The summed E-state index contributed by atoms with van der Waals surface area (Å²) in [6.45, 7) is 0. The van der Waals surface area contributed by atoms with E-state index in [0.717, 1.165) is 27.5 Å². The van der Waals surface area contributed by atoms with Crippen LogP contribution in [0, 0.1) is 0 Å². The van der Waals surface area contributed by atoms with Gasteiger partial charge in [0.05, 0.1) is 33.3 Å². The Morgan fingerprint density at radius 2 is 1.73 bits per heavy atom. The van der Waals surface area contributed by atoms with E-state index < -0.39 is 10.0 Å². The fraction of sp³-hybridized carbons (Fsp3) is 0.0909. The van der Waals surface area contributed by atoms with E-state index in [1.165, 1.54) is 0 Å². The number of fused-ring (bicyclic) bond motifs is 2. The molecule has 0 amide bonds. The molecule has 0 aliphatic rings. The first kappa shape index (κ1) is 18.4. The van der Waals surface area contributed by atoms with Gasteiger partial charge in [0.25, 0.3) is 10.0 Å². The molecule has 0 atom stereocenters. The van der Waals surface area contributed by atoms with Gasteiger partial charge in [-0.3, -0.25) is 4.72 Å². The van der Waals surface area contributed by atoms with Gasteiger partial charge in [0.2, 0.25) is 0 Å². The fourth-order valence-corrected chi connectivity index (χ4v) is 4.80. The second-order valence-corrected chi connectivity index (χ2v) is 8.87. The zero-order valence-corrected chi connectivity index (χ0v) is 17.3. The number of rotatable bonds is 4. The van der Waals surface area contributed by atoms with Gasteiger partial charge in [-0.1, -0.05) is 24.3 Å². The average molecular weight is 417 g/mol. The largest absolute Gasteiger partial charge is 0.335 e. The van der Waals surface area contributed by atoms with E-state index in [1.807, 2.05) is 41.6 Å². The number of aryl methyl sites for hydroxylation is 2. The van der Waals surface area contributed by atoms with Crippen LogP contribution in [0.15, 0.2) is 78.2 Å². The van der Waals surface area contributed by atoms with Crippen LogP contribution in [-0.2, 0) is 24.1 Å². The minimum absolute atomic E-state index is 0.212. The summed E-state index contributed by atoms with van der Waals surface area (Å²) in [5.74, 6) is 0. The first-order valence-electron chi connectivity index (χ1n) is 9.37. The van der Waals surface area contributed by atoms with Crippen molar-refractivity contribution in [3.8, 4) is 11.1 Å². The van der Waals surface area contributed by atoms with Crippen molar-refractivity contribution in [3.63, 3.8) is 0 Å². The molecule has 150 valence electrons. The van der Waals surface area contributed by atoms with E-state index in [2.05, 4.69) is 20.8 Å². The maximum atomic E-state index is 12.9. The summed E-state index contributed by atoms with van der Waals surface area (Å²) in [5, 5.41) is 0.751. The number of pyridine rings is 1. The number of hydrogen-bond acceptors (Lipinski definition) is 4. The lowest BCUT2D eigenvalue weighted by molar-refractivity contribution is 0.601. The lowest BCUT2D eigenvalue weighted by atomic mass is 10.0. The second kappa shape index (κ2) is 6.70.